The van der Waals surface area contributed by atoms with Crippen LogP contribution in [0.2, 0.25) is 5.02 Å². The fourth-order valence-electron chi connectivity index (χ4n) is 2.01. The number of halogens is 1. The zero-order valence-corrected chi connectivity index (χ0v) is 12.5. The van der Waals surface area contributed by atoms with E-state index in [1.54, 1.807) is 12.4 Å². The molecule has 2 aromatic rings. The Bertz CT molecular complexity index is 560. The summed E-state index contributed by atoms with van der Waals surface area (Å²) < 4.78 is 6.08. The summed E-state index contributed by atoms with van der Waals surface area (Å²) in [5, 5.41) is 0.734. The molecule has 2 unspecified atom stereocenters. The molecule has 0 radical (unpaired) electrons. The van der Waals surface area contributed by atoms with Crippen LogP contribution in [-0.2, 0) is 0 Å². The molecule has 0 saturated heterocycles. The molecule has 0 saturated carbocycles. The molecule has 0 aliphatic rings. The summed E-state index contributed by atoms with van der Waals surface area (Å²) in [4.78, 5) is 4.03. The van der Waals surface area contributed by atoms with Gasteiger partial charge in [0.05, 0.1) is 0 Å². The minimum atomic E-state index is -0.191. The lowest BCUT2D eigenvalue weighted by Gasteiger charge is -2.25. The number of aromatic nitrogens is 1. The van der Waals surface area contributed by atoms with Crippen molar-refractivity contribution in [1.29, 1.82) is 0 Å². The van der Waals surface area contributed by atoms with Crippen LogP contribution < -0.4 is 10.5 Å². The van der Waals surface area contributed by atoms with Crippen molar-refractivity contribution in [3.05, 3.63) is 58.9 Å². The van der Waals surface area contributed by atoms with E-state index in [2.05, 4.69) is 11.9 Å². The summed E-state index contributed by atoms with van der Waals surface area (Å²) in [6.45, 7) is 4.01. The number of nitrogens with two attached hydrogens (primary N) is 1. The van der Waals surface area contributed by atoms with Crippen molar-refractivity contribution < 1.29 is 4.74 Å². The van der Waals surface area contributed by atoms with Crippen molar-refractivity contribution in [3.63, 3.8) is 0 Å². The van der Waals surface area contributed by atoms with Gasteiger partial charge in [-0.1, -0.05) is 18.5 Å². The topological polar surface area (TPSA) is 48.1 Å². The molecule has 2 N–H and O–H groups in total. The van der Waals surface area contributed by atoms with Crippen molar-refractivity contribution in [1.82, 2.24) is 4.98 Å². The molecule has 0 spiro atoms. The Morgan fingerprint density at radius 2 is 1.95 bits per heavy atom. The van der Waals surface area contributed by atoms with Crippen LogP contribution in [0.25, 0.3) is 0 Å². The fourth-order valence-corrected chi connectivity index (χ4v) is 2.12. The van der Waals surface area contributed by atoms with Gasteiger partial charge in [0.25, 0.3) is 0 Å². The highest BCUT2D eigenvalue weighted by Gasteiger charge is 2.20. The van der Waals surface area contributed by atoms with E-state index in [-0.39, 0.29) is 12.1 Å². The molecule has 0 bridgehead atoms. The normalized spacial score (nSPS) is 13.8. The van der Waals surface area contributed by atoms with Gasteiger partial charge < -0.3 is 10.5 Å². The number of hydrogen-bond acceptors (Lipinski definition) is 3. The summed E-state index contributed by atoms with van der Waals surface area (Å²) in [5.74, 6) is 0.776. The van der Waals surface area contributed by atoms with E-state index in [4.69, 9.17) is 22.1 Å². The van der Waals surface area contributed by atoms with Gasteiger partial charge in [0, 0.05) is 23.5 Å². The number of benzene rings is 1. The van der Waals surface area contributed by atoms with E-state index in [1.807, 2.05) is 37.3 Å². The van der Waals surface area contributed by atoms with Crippen molar-refractivity contribution in [2.75, 3.05) is 0 Å². The Morgan fingerprint density at radius 1 is 1.25 bits per heavy atom. The van der Waals surface area contributed by atoms with Gasteiger partial charge in [-0.05, 0) is 54.8 Å². The van der Waals surface area contributed by atoms with Crippen LogP contribution >= 0.6 is 11.6 Å². The van der Waals surface area contributed by atoms with Gasteiger partial charge in [0.2, 0.25) is 0 Å². The molecule has 0 aliphatic carbocycles. The average Bonchev–Trinajstić information content (AvgIpc) is 2.48. The Morgan fingerprint density at radius 3 is 2.55 bits per heavy atom. The summed E-state index contributed by atoms with van der Waals surface area (Å²) in [6.07, 6.45) is 4.14. The van der Waals surface area contributed by atoms with Gasteiger partial charge in [-0.15, -0.1) is 0 Å². The molecule has 4 heteroatoms. The monoisotopic (exact) mass is 290 g/mol. The number of pyridine rings is 1. The number of hydrogen-bond donors (Lipinski definition) is 1. The van der Waals surface area contributed by atoms with Gasteiger partial charge >= 0.3 is 0 Å². The molecule has 2 atom stereocenters. The molecular weight excluding hydrogens is 272 g/mol. The highest BCUT2D eigenvalue weighted by atomic mass is 35.5. The predicted molar refractivity (Wildman–Crippen MR) is 82.1 cm³/mol. The average molecular weight is 291 g/mol. The second kappa shape index (κ2) is 6.73. The minimum absolute atomic E-state index is 0.0756. The first-order valence-electron chi connectivity index (χ1n) is 6.70. The van der Waals surface area contributed by atoms with Gasteiger partial charge in [-0.2, -0.15) is 0 Å². The molecule has 1 aromatic heterocycles. The van der Waals surface area contributed by atoms with E-state index in [1.165, 1.54) is 0 Å². The number of ether oxygens (including phenoxy) is 1. The molecule has 2 rings (SSSR count). The highest BCUT2D eigenvalue weighted by molar-refractivity contribution is 6.31. The van der Waals surface area contributed by atoms with E-state index >= 15 is 0 Å². The quantitative estimate of drug-likeness (QED) is 0.908. The van der Waals surface area contributed by atoms with Crippen LogP contribution in [0.5, 0.6) is 5.75 Å². The zero-order chi connectivity index (χ0) is 14.5. The summed E-state index contributed by atoms with van der Waals surface area (Å²) in [7, 11) is 0. The van der Waals surface area contributed by atoms with Crippen LogP contribution in [0, 0.1) is 6.92 Å². The van der Waals surface area contributed by atoms with E-state index in [0.717, 1.165) is 28.3 Å². The summed E-state index contributed by atoms with van der Waals surface area (Å²) in [5.41, 5.74) is 8.21. The van der Waals surface area contributed by atoms with Crippen molar-refractivity contribution >= 4 is 11.6 Å². The maximum atomic E-state index is 6.19. The Kier molecular flexibility index (Phi) is 4.99. The molecular formula is C16H19ClN2O. The van der Waals surface area contributed by atoms with E-state index in [9.17, 15) is 0 Å². The van der Waals surface area contributed by atoms with E-state index in [0.29, 0.717) is 0 Å². The van der Waals surface area contributed by atoms with Crippen molar-refractivity contribution in [3.8, 4) is 5.75 Å². The van der Waals surface area contributed by atoms with Crippen molar-refractivity contribution in [2.45, 2.75) is 32.4 Å². The first kappa shape index (κ1) is 14.8. The molecule has 1 aromatic carbocycles. The minimum Gasteiger partial charge on any atom is -0.484 e. The zero-order valence-electron chi connectivity index (χ0n) is 11.7. The first-order chi connectivity index (χ1) is 9.61. The molecule has 20 heavy (non-hydrogen) atoms. The number of aryl methyl sites for hydroxylation is 1. The molecule has 1 heterocycles. The van der Waals surface area contributed by atoms with Crippen LogP contribution in [0.15, 0.2) is 42.7 Å². The third kappa shape index (κ3) is 3.50. The first-order valence-corrected chi connectivity index (χ1v) is 7.08. The van der Waals surface area contributed by atoms with Gasteiger partial charge in [-0.3, -0.25) is 4.98 Å². The second-order valence-corrected chi connectivity index (χ2v) is 5.21. The SMILES string of the molecule is CCC(N)C(Oc1ccc(Cl)c(C)c1)c1ccncc1. The molecule has 0 amide bonds. The largest absolute Gasteiger partial charge is 0.484 e. The lowest BCUT2D eigenvalue weighted by Crippen LogP contribution is -2.31. The molecule has 106 valence electrons. The maximum Gasteiger partial charge on any atom is 0.139 e. The smallest absolute Gasteiger partial charge is 0.139 e. The third-order valence-electron chi connectivity index (χ3n) is 3.29. The van der Waals surface area contributed by atoms with Gasteiger partial charge in [0.15, 0.2) is 0 Å². The second-order valence-electron chi connectivity index (χ2n) is 4.80. The van der Waals surface area contributed by atoms with Crippen LogP contribution in [-0.4, -0.2) is 11.0 Å². The number of nitrogens with zero attached hydrogens (tertiary/aromatic N) is 1. The Balaban J connectivity index is 2.26. The van der Waals surface area contributed by atoms with Crippen LogP contribution in [0.3, 0.4) is 0 Å². The lowest BCUT2D eigenvalue weighted by atomic mass is 10.0. The van der Waals surface area contributed by atoms with Gasteiger partial charge in [0.1, 0.15) is 11.9 Å². The fraction of sp³-hybridized carbons (Fsp3) is 0.312. The maximum absolute atomic E-state index is 6.19. The molecule has 3 nitrogen and oxygen atoms in total. The molecule has 0 fully saturated rings. The predicted octanol–water partition coefficient (Wildman–Crippen LogP) is 3.90. The Hall–Kier alpha value is -1.58. The highest BCUT2D eigenvalue weighted by Crippen LogP contribution is 2.28. The molecule has 0 aliphatic heterocycles. The van der Waals surface area contributed by atoms with Gasteiger partial charge in [-0.25, -0.2) is 0 Å². The Labute approximate surface area is 124 Å². The van der Waals surface area contributed by atoms with Crippen LogP contribution in [0.1, 0.15) is 30.6 Å². The third-order valence-corrected chi connectivity index (χ3v) is 3.71. The standard InChI is InChI=1S/C16H19ClN2O/c1-3-15(18)16(12-6-8-19-9-7-12)20-13-4-5-14(17)11(2)10-13/h4-10,15-16H,3,18H2,1-2H3. The van der Waals surface area contributed by atoms with Crippen molar-refractivity contribution in [2.24, 2.45) is 5.73 Å². The summed E-state index contributed by atoms with van der Waals surface area (Å²) in [6, 6.07) is 9.43. The summed E-state index contributed by atoms with van der Waals surface area (Å²) >= 11 is 6.04. The van der Waals surface area contributed by atoms with E-state index < -0.39 is 0 Å². The lowest BCUT2D eigenvalue weighted by molar-refractivity contribution is 0.171. The van der Waals surface area contributed by atoms with Crippen LogP contribution in [0.4, 0.5) is 0 Å². The number of rotatable bonds is 5.